The predicted molar refractivity (Wildman–Crippen MR) is 68.5 cm³/mol. The van der Waals surface area contributed by atoms with E-state index in [1.54, 1.807) is 18.5 Å². The summed E-state index contributed by atoms with van der Waals surface area (Å²) in [6.45, 7) is 1.89. The molecule has 2 nitrogen and oxygen atoms in total. The zero-order valence-electron chi connectivity index (χ0n) is 9.48. The molecule has 0 spiro atoms. The average molecular weight is 246 g/mol. The van der Waals surface area contributed by atoms with Crippen molar-refractivity contribution in [1.29, 1.82) is 0 Å². The van der Waals surface area contributed by atoms with Gasteiger partial charge in [-0.3, -0.25) is 9.78 Å². The lowest BCUT2D eigenvalue weighted by atomic mass is 10.0. The summed E-state index contributed by atoms with van der Waals surface area (Å²) in [7, 11) is 0. The van der Waals surface area contributed by atoms with Crippen molar-refractivity contribution in [3.8, 4) is 0 Å². The Morgan fingerprint density at radius 2 is 2.12 bits per heavy atom. The number of rotatable bonds is 3. The highest BCUT2D eigenvalue weighted by molar-refractivity contribution is 6.34. The van der Waals surface area contributed by atoms with Crippen LogP contribution in [0, 0.1) is 6.92 Å². The smallest absolute Gasteiger partial charge is 0.168 e. The van der Waals surface area contributed by atoms with Gasteiger partial charge in [0.05, 0.1) is 5.02 Å². The largest absolute Gasteiger partial charge is 0.294 e. The molecule has 1 aromatic heterocycles. The van der Waals surface area contributed by atoms with Gasteiger partial charge in [-0.25, -0.2) is 0 Å². The Morgan fingerprint density at radius 1 is 1.29 bits per heavy atom. The fraction of sp³-hybridized carbons (Fsp3) is 0.143. The molecule has 3 heteroatoms. The van der Waals surface area contributed by atoms with Crippen LogP contribution in [0.3, 0.4) is 0 Å². The number of aryl methyl sites for hydroxylation is 1. The maximum atomic E-state index is 12.1. The van der Waals surface area contributed by atoms with Crippen molar-refractivity contribution in [2.75, 3.05) is 0 Å². The van der Waals surface area contributed by atoms with E-state index >= 15 is 0 Å². The van der Waals surface area contributed by atoms with Crippen LogP contribution in [0.2, 0.25) is 5.02 Å². The molecule has 0 bridgehead atoms. The van der Waals surface area contributed by atoms with Gasteiger partial charge in [-0.15, -0.1) is 0 Å². The first-order valence-corrected chi connectivity index (χ1v) is 5.73. The number of benzene rings is 1. The molecule has 0 amide bonds. The number of hydrogen-bond acceptors (Lipinski definition) is 2. The molecule has 1 heterocycles. The van der Waals surface area contributed by atoms with Crippen LogP contribution in [-0.2, 0) is 6.42 Å². The summed E-state index contributed by atoms with van der Waals surface area (Å²) in [4.78, 5) is 16.1. The summed E-state index contributed by atoms with van der Waals surface area (Å²) in [5.41, 5.74) is 2.40. The summed E-state index contributed by atoms with van der Waals surface area (Å²) in [6.07, 6.45) is 3.71. The van der Waals surface area contributed by atoms with Gasteiger partial charge in [-0.05, 0) is 30.2 Å². The minimum absolute atomic E-state index is 0.0201. The number of Topliss-reactive ketones (excluding diaryl/α,β-unsaturated/α-hetero) is 1. The fourth-order valence-corrected chi connectivity index (χ4v) is 1.88. The first kappa shape index (κ1) is 11.8. The topological polar surface area (TPSA) is 30.0 Å². The zero-order valence-corrected chi connectivity index (χ0v) is 10.2. The second-order valence-electron chi connectivity index (χ2n) is 3.90. The number of ketones is 1. The molecule has 86 valence electrons. The molecule has 17 heavy (non-hydrogen) atoms. The Morgan fingerprint density at radius 3 is 2.82 bits per heavy atom. The van der Waals surface area contributed by atoms with Gasteiger partial charge in [0.15, 0.2) is 5.78 Å². The molecule has 0 atom stereocenters. The zero-order chi connectivity index (χ0) is 12.3. The summed E-state index contributed by atoms with van der Waals surface area (Å²) in [5, 5.41) is 0.543. The summed E-state index contributed by atoms with van der Waals surface area (Å²) < 4.78 is 0. The summed E-state index contributed by atoms with van der Waals surface area (Å²) in [5.74, 6) is 0.0201. The Hall–Kier alpha value is -1.67. The normalized spacial score (nSPS) is 10.2. The second-order valence-corrected chi connectivity index (χ2v) is 4.28. The van der Waals surface area contributed by atoms with Gasteiger partial charge in [0.1, 0.15) is 0 Å². The third-order valence-electron chi connectivity index (χ3n) is 2.58. The van der Waals surface area contributed by atoms with Gasteiger partial charge in [-0.1, -0.05) is 29.8 Å². The first-order valence-electron chi connectivity index (χ1n) is 5.35. The van der Waals surface area contributed by atoms with Crippen molar-refractivity contribution in [2.45, 2.75) is 13.3 Å². The van der Waals surface area contributed by atoms with Crippen molar-refractivity contribution >= 4 is 17.4 Å². The lowest BCUT2D eigenvalue weighted by Gasteiger charge is -2.05. The Bertz CT molecular complexity index is 537. The van der Waals surface area contributed by atoms with E-state index in [1.165, 1.54) is 0 Å². The maximum absolute atomic E-state index is 12.1. The highest BCUT2D eigenvalue weighted by Crippen LogP contribution is 2.21. The molecule has 0 saturated carbocycles. The van der Waals surface area contributed by atoms with Gasteiger partial charge in [0.25, 0.3) is 0 Å². The molecule has 0 aliphatic rings. The van der Waals surface area contributed by atoms with Crippen LogP contribution >= 0.6 is 11.6 Å². The standard InChI is InChI=1S/C14H12ClNO/c1-10-4-2-6-12(14(10)15)13(17)8-11-5-3-7-16-9-11/h2-7,9H,8H2,1H3. The van der Waals surface area contributed by atoms with Crippen LogP contribution < -0.4 is 0 Å². The Labute approximate surface area is 105 Å². The molecule has 0 radical (unpaired) electrons. The van der Waals surface area contributed by atoms with Crippen LogP contribution in [0.1, 0.15) is 21.5 Å². The molecular formula is C14H12ClNO. The van der Waals surface area contributed by atoms with E-state index in [1.807, 2.05) is 31.2 Å². The maximum Gasteiger partial charge on any atom is 0.168 e. The van der Waals surface area contributed by atoms with Crippen LogP contribution in [-0.4, -0.2) is 10.8 Å². The van der Waals surface area contributed by atoms with E-state index in [4.69, 9.17) is 11.6 Å². The molecule has 2 rings (SSSR count). The molecule has 0 saturated heterocycles. The minimum Gasteiger partial charge on any atom is -0.294 e. The first-order chi connectivity index (χ1) is 8.18. The summed E-state index contributed by atoms with van der Waals surface area (Å²) >= 11 is 6.12. The van der Waals surface area contributed by atoms with E-state index in [0.29, 0.717) is 17.0 Å². The Balaban J connectivity index is 2.24. The molecule has 0 aliphatic carbocycles. The van der Waals surface area contributed by atoms with E-state index in [9.17, 15) is 4.79 Å². The van der Waals surface area contributed by atoms with Crippen LogP contribution in [0.25, 0.3) is 0 Å². The number of nitrogens with zero attached hydrogens (tertiary/aromatic N) is 1. The molecule has 0 aliphatic heterocycles. The molecular weight excluding hydrogens is 234 g/mol. The average Bonchev–Trinajstić information content (AvgIpc) is 2.34. The van der Waals surface area contributed by atoms with Gasteiger partial charge < -0.3 is 0 Å². The number of pyridine rings is 1. The van der Waals surface area contributed by atoms with Crippen molar-refractivity contribution in [3.63, 3.8) is 0 Å². The lowest BCUT2D eigenvalue weighted by molar-refractivity contribution is 0.0993. The number of halogens is 1. The molecule has 0 fully saturated rings. The minimum atomic E-state index is 0.0201. The van der Waals surface area contributed by atoms with Crippen LogP contribution in [0.4, 0.5) is 0 Å². The van der Waals surface area contributed by atoms with Crippen LogP contribution in [0.5, 0.6) is 0 Å². The van der Waals surface area contributed by atoms with Gasteiger partial charge in [-0.2, -0.15) is 0 Å². The van der Waals surface area contributed by atoms with Gasteiger partial charge in [0, 0.05) is 24.4 Å². The third kappa shape index (κ3) is 2.71. The van der Waals surface area contributed by atoms with Crippen molar-refractivity contribution < 1.29 is 4.79 Å². The fourth-order valence-electron chi connectivity index (χ4n) is 1.65. The lowest BCUT2D eigenvalue weighted by Crippen LogP contribution is -2.05. The molecule has 0 unspecified atom stereocenters. The van der Waals surface area contributed by atoms with Gasteiger partial charge in [0.2, 0.25) is 0 Å². The number of carbonyl (C=O) groups is 1. The SMILES string of the molecule is Cc1cccc(C(=O)Cc2cccnc2)c1Cl. The van der Waals surface area contributed by atoms with E-state index < -0.39 is 0 Å². The van der Waals surface area contributed by atoms with Gasteiger partial charge >= 0.3 is 0 Å². The molecule has 0 N–H and O–H groups in total. The molecule has 1 aromatic carbocycles. The molecule has 2 aromatic rings. The predicted octanol–water partition coefficient (Wildman–Crippen LogP) is 3.47. The monoisotopic (exact) mass is 245 g/mol. The van der Waals surface area contributed by atoms with E-state index in [2.05, 4.69) is 4.98 Å². The highest BCUT2D eigenvalue weighted by Gasteiger charge is 2.12. The van der Waals surface area contributed by atoms with Crippen molar-refractivity contribution in [3.05, 3.63) is 64.4 Å². The van der Waals surface area contributed by atoms with E-state index in [0.717, 1.165) is 11.1 Å². The number of carbonyl (C=O) groups excluding carboxylic acids is 1. The number of aromatic nitrogens is 1. The number of hydrogen-bond donors (Lipinski definition) is 0. The third-order valence-corrected chi connectivity index (χ3v) is 3.08. The van der Waals surface area contributed by atoms with Crippen molar-refractivity contribution in [1.82, 2.24) is 4.98 Å². The highest BCUT2D eigenvalue weighted by atomic mass is 35.5. The quantitative estimate of drug-likeness (QED) is 0.775. The summed E-state index contributed by atoms with van der Waals surface area (Å²) in [6, 6.07) is 9.20. The van der Waals surface area contributed by atoms with Crippen molar-refractivity contribution in [2.24, 2.45) is 0 Å². The Kier molecular flexibility index (Phi) is 3.55. The second kappa shape index (κ2) is 5.11. The van der Waals surface area contributed by atoms with E-state index in [-0.39, 0.29) is 5.78 Å². The van der Waals surface area contributed by atoms with Crippen LogP contribution in [0.15, 0.2) is 42.7 Å².